The Kier molecular flexibility index (Phi) is 3.84. The third-order valence-corrected chi connectivity index (χ3v) is 3.02. The van der Waals surface area contributed by atoms with Crippen molar-refractivity contribution in [2.45, 2.75) is 13.3 Å². The highest BCUT2D eigenvalue weighted by Gasteiger charge is 2.27. The number of nitrogens with one attached hydrogen (secondary N) is 1. The first-order valence-electron chi connectivity index (χ1n) is 5.98. The van der Waals surface area contributed by atoms with E-state index in [4.69, 9.17) is 5.26 Å². The fraction of sp³-hybridized carbons (Fsp3) is 0.231. The van der Waals surface area contributed by atoms with Gasteiger partial charge in [0.1, 0.15) is 23.1 Å². The van der Waals surface area contributed by atoms with Gasteiger partial charge >= 0.3 is 0 Å². The molecule has 0 radical (unpaired) electrons. The first-order valence-corrected chi connectivity index (χ1v) is 5.98. The number of anilines is 1. The summed E-state index contributed by atoms with van der Waals surface area (Å²) in [6, 6.07) is 1.75. The summed E-state index contributed by atoms with van der Waals surface area (Å²) in [7, 11) is 1.39. The molecule has 0 aliphatic carbocycles. The Bertz CT molecular complexity index is 717. The molecule has 110 valence electrons. The third-order valence-electron chi connectivity index (χ3n) is 3.02. The molecular weight excluding hydrogens is 288 g/mol. The van der Waals surface area contributed by atoms with Crippen LogP contribution in [0.2, 0.25) is 0 Å². The van der Waals surface area contributed by atoms with Crippen molar-refractivity contribution < 1.29 is 17.6 Å². The zero-order valence-corrected chi connectivity index (χ0v) is 11.1. The lowest BCUT2D eigenvalue weighted by atomic mass is 10.1. The molecule has 1 heterocycles. The summed E-state index contributed by atoms with van der Waals surface area (Å²) in [6.07, 6.45) is 0.835. The van der Waals surface area contributed by atoms with Gasteiger partial charge in [-0.3, -0.25) is 0 Å². The second kappa shape index (κ2) is 5.44. The number of nitrogens with zero attached hydrogens (tertiary/aromatic N) is 3. The van der Waals surface area contributed by atoms with E-state index in [2.05, 4.69) is 10.4 Å². The van der Waals surface area contributed by atoms with E-state index in [9.17, 15) is 17.6 Å². The summed E-state index contributed by atoms with van der Waals surface area (Å²) in [4.78, 5) is 0. The highest BCUT2D eigenvalue weighted by atomic mass is 19.2. The van der Waals surface area contributed by atoms with Crippen molar-refractivity contribution in [2.24, 2.45) is 0 Å². The third kappa shape index (κ3) is 2.11. The van der Waals surface area contributed by atoms with Crippen LogP contribution in [-0.2, 0) is 6.42 Å². The number of aromatic nitrogens is 2. The second-order valence-corrected chi connectivity index (χ2v) is 4.12. The first kappa shape index (κ1) is 14.8. The van der Waals surface area contributed by atoms with Crippen molar-refractivity contribution in [3.05, 3.63) is 40.6 Å². The maximum atomic E-state index is 14.1. The average molecular weight is 298 g/mol. The van der Waals surface area contributed by atoms with Gasteiger partial charge in [-0.1, -0.05) is 6.92 Å². The van der Waals surface area contributed by atoms with Gasteiger partial charge in [-0.05, 0) is 6.42 Å². The van der Waals surface area contributed by atoms with E-state index >= 15 is 0 Å². The molecule has 2 aromatic rings. The summed E-state index contributed by atoms with van der Waals surface area (Å²) in [5, 5.41) is 15.0. The van der Waals surface area contributed by atoms with Gasteiger partial charge in [0.15, 0.2) is 23.3 Å². The van der Waals surface area contributed by atoms with Crippen LogP contribution in [0.1, 0.15) is 18.1 Å². The van der Waals surface area contributed by atoms with E-state index in [-0.39, 0.29) is 17.8 Å². The summed E-state index contributed by atoms with van der Waals surface area (Å²) >= 11 is 0. The van der Waals surface area contributed by atoms with Gasteiger partial charge in [0.2, 0.25) is 0 Å². The van der Waals surface area contributed by atoms with Crippen LogP contribution in [0, 0.1) is 34.6 Å². The maximum Gasteiger partial charge on any atom is 0.188 e. The van der Waals surface area contributed by atoms with Crippen molar-refractivity contribution in [3.63, 3.8) is 0 Å². The monoisotopic (exact) mass is 298 g/mol. The number of benzene rings is 1. The molecule has 8 heteroatoms. The van der Waals surface area contributed by atoms with E-state index < -0.39 is 34.5 Å². The van der Waals surface area contributed by atoms with Crippen LogP contribution in [0.5, 0.6) is 0 Å². The zero-order chi connectivity index (χ0) is 15.7. The Labute approximate surface area is 117 Å². The van der Waals surface area contributed by atoms with Gasteiger partial charge in [0.05, 0.1) is 6.20 Å². The average Bonchev–Trinajstić information content (AvgIpc) is 2.89. The normalized spacial score (nSPS) is 10.5. The molecule has 0 aliphatic rings. The van der Waals surface area contributed by atoms with Gasteiger partial charge in [0, 0.05) is 12.6 Å². The lowest BCUT2D eigenvalue weighted by Crippen LogP contribution is -2.13. The summed E-state index contributed by atoms with van der Waals surface area (Å²) < 4.78 is 56.3. The number of hydrogen-bond donors (Lipinski definition) is 1. The largest absolute Gasteiger partial charge is 0.372 e. The Morgan fingerprint density at radius 3 is 2.19 bits per heavy atom. The van der Waals surface area contributed by atoms with E-state index in [0.29, 0.717) is 4.68 Å². The molecule has 0 spiro atoms. The highest BCUT2D eigenvalue weighted by molar-refractivity contribution is 5.56. The molecule has 0 saturated carbocycles. The Balaban J connectivity index is 2.83. The van der Waals surface area contributed by atoms with Crippen molar-refractivity contribution in [2.75, 3.05) is 12.4 Å². The molecule has 0 fully saturated rings. The van der Waals surface area contributed by atoms with E-state index in [1.807, 2.05) is 0 Å². The molecule has 1 aromatic heterocycles. The summed E-state index contributed by atoms with van der Waals surface area (Å²) in [5.41, 5.74) is -1.70. The minimum atomic E-state index is -1.56. The topological polar surface area (TPSA) is 53.6 Å². The van der Waals surface area contributed by atoms with Crippen LogP contribution in [0.3, 0.4) is 0 Å². The molecule has 0 amide bonds. The standard InChI is InChI=1S/C13H10F4N4/c1-3-7-8(14)10(16)12(11(17)9(7)15)21-13(19-2)6(4-18)5-20-21/h5,19H,3H2,1-2H3. The van der Waals surface area contributed by atoms with Crippen LogP contribution in [0.4, 0.5) is 23.4 Å². The lowest BCUT2D eigenvalue weighted by Gasteiger charge is -2.13. The molecule has 0 unspecified atom stereocenters. The number of hydrogen-bond acceptors (Lipinski definition) is 3. The Morgan fingerprint density at radius 1 is 1.19 bits per heavy atom. The van der Waals surface area contributed by atoms with Crippen LogP contribution in [-0.4, -0.2) is 16.8 Å². The predicted octanol–water partition coefficient (Wildman–Crippen LogP) is 2.90. The minimum absolute atomic E-state index is 0.0170. The van der Waals surface area contributed by atoms with Gasteiger partial charge in [0.25, 0.3) is 0 Å². The van der Waals surface area contributed by atoms with Gasteiger partial charge < -0.3 is 5.32 Å². The van der Waals surface area contributed by atoms with Crippen molar-refractivity contribution in [1.29, 1.82) is 5.26 Å². The van der Waals surface area contributed by atoms with E-state index in [1.54, 1.807) is 6.07 Å². The molecule has 21 heavy (non-hydrogen) atoms. The van der Waals surface area contributed by atoms with E-state index in [0.717, 1.165) is 6.20 Å². The fourth-order valence-corrected chi connectivity index (χ4v) is 2.00. The fourth-order valence-electron chi connectivity index (χ4n) is 2.00. The molecule has 1 aromatic carbocycles. The van der Waals surface area contributed by atoms with Crippen LogP contribution in [0.25, 0.3) is 5.69 Å². The number of rotatable bonds is 3. The van der Waals surface area contributed by atoms with Crippen LogP contribution in [0.15, 0.2) is 6.20 Å². The van der Waals surface area contributed by atoms with Crippen LogP contribution < -0.4 is 5.32 Å². The SMILES string of the molecule is CCc1c(F)c(F)c(-n2ncc(C#N)c2NC)c(F)c1F. The van der Waals surface area contributed by atoms with Gasteiger partial charge in [-0.15, -0.1) is 0 Å². The smallest absolute Gasteiger partial charge is 0.188 e. The molecule has 0 aliphatic heterocycles. The van der Waals surface area contributed by atoms with Gasteiger partial charge in [-0.2, -0.15) is 10.4 Å². The second-order valence-electron chi connectivity index (χ2n) is 4.12. The predicted molar refractivity (Wildman–Crippen MR) is 67.0 cm³/mol. The van der Waals surface area contributed by atoms with Crippen molar-refractivity contribution >= 4 is 5.82 Å². The van der Waals surface area contributed by atoms with Crippen molar-refractivity contribution in [3.8, 4) is 11.8 Å². The van der Waals surface area contributed by atoms with E-state index in [1.165, 1.54) is 14.0 Å². The minimum Gasteiger partial charge on any atom is -0.372 e. The van der Waals surface area contributed by atoms with Crippen molar-refractivity contribution in [1.82, 2.24) is 9.78 Å². The van der Waals surface area contributed by atoms with Gasteiger partial charge in [-0.25, -0.2) is 22.2 Å². The highest BCUT2D eigenvalue weighted by Crippen LogP contribution is 2.29. The quantitative estimate of drug-likeness (QED) is 0.700. The summed E-state index contributed by atoms with van der Waals surface area (Å²) in [5.74, 6) is -6.13. The molecule has 0 bridgehead atoms. The Morgan fingerprint density at radius 2 is 1.76 bits per heavy atom. The Hall–Kier alpha value is -2.56. The zero-order valence-electron chi connectivity index (χ0n) is 11.1. The molecule has 0 saturated heterocycles. The van der Waals surface area contributed by atoms with Crippen LogP contribution >= 0.6 is 0 Å². The molecule has 2 rings (SSSR count). The molecule has 1 N–H and O–H groups in total. The first-order chi connectivity index (χ1) is 9.97. The molecular formula is C13H10F4N4. The number of halogens is 4. The summed E-state index contributed by atoms with van der Waals surface area (Å²) in [6.45, 7) is 1.38. The maximum absolute atomic E-state index is 14.1. The number of nitriles is 1. The lowest BCUT2D eigenvalue weighted by molar-refractivity contribution is 0.432. The molecule has 0 atom stereocenters. The molecule has 4 nitrogen and oxygen atoms in total.